The smallest absolute Gasteiger partial charge is 0.0961 e. The van der Waals surface area contributed by atoms with Gasteiger partial charge in [0.05, 0.1) is 16.5 Å². The summed E-state index contributed by atoms with van der Waals surface area (Å²) in [6.45, 7) is 8.73. The molecule has 0 amide bonds. The van der Waals surface area contributed by atoms with Crippen LogP contribution in [0, 0.1) is 16.7 Å². The summed E-state index contributed by atoms with van der Waals surface area (Å²) in [4.78, 5) is 0. The van der Waals surface area contributed by atoms with Crippen LogP contribution in [0.25, 0.3) is 0 Å². The van der Waals surface area contributed by atoms with Crippen molar-refractivity contribution in [2.24, 2.45) is 17.4 Å². The summed E-state index contributed by atoms with van der Waals surface area (Å²) in [6, 6.07) is 12.4. The Balaban J connectivity index is 1.77. The third kappa shape index (κ3) is 5.45. The van der Waals surface area contributed by atoms with Gasteiger partial charge in [0.2, 0.25) is 0 Å². The maximum Gasteiger partial charge on any atom is 0.0961 e. The largest absolute Gasteiger partial charge is 0.381 e. The van der Waals surface area contributed by atoms with Crippen molar-refractivity contribution in [1.29, 1.82) is 10.8 Å². The molecule has 164 valence electrons. The highest BCUT2D eigenvalue weighted by Crippen LogP contribution is 2.38. The van der Waals surface area contributed by atoms with E-state index in [1.807, 2.05) is 24.3 Å². The van der Waals surface area contributed by atoms with E-state index < -0.39 is 0 Å². The number of fused-ring (bicyclic) bond motifs is 1. The normalized spacial score (nSPS) is 16.1. The Morgan fingerprint density at radius 3 is 2.77 bits per heavy atom. The van der Waals surface area contributed by atoms with Gasteiger partial charge < -0.3 is 22.2 Å². The fourth-order valence-corrected chi connectivity index (χ4v) is 5.02. The van der Waals surface area contributed by atoms with Crippen molar-refractivity contribution in [2.45, 2.75) is 44.5 Å². The highest BCUT2D eigenvalue weighted by Gasteiger charge is 2.27. The van der Waals surface area contributed by atoms with Crippen molar-refractivity contribution < 1.29 is 0 Å². The Bertz CT molecular complexity index is 982. The summed E-state index contributed by atoms with van der Waals surface area (Å²) < 4.78 is 0. The summed E-state index contributed by atoms with van der Waals surface area (Å²) in [5.41, 5.74) is 19.5. The third-order valence-corrected chi connectivity index (χ3v) is 6.65. The maximum absolute atomic E-state index is 8.62. The van der Waals surface area contributed by atoms with Gasteiger partial charge >= 0.3 is 0 Å². The first-order valence-corrected chi connectivity index (χ1v) is 11.6. The summed E-state index contributed by atoms with van der Waals surface area (Å²) >= 11 is 1.36. The van der Waals surface area contributed by atoms with Gasteiger partial charge in [-0.1, -0.05) is 62.5 Å². The lowest BCUT2D eigenvalue weighted by Crippen LogP contribution is -2.23. The van der Waals surface area contributed by atoms with E-state index in [-0.39, 0.29) is 11.4 Å². The molecule has 3 rings (SSSR count). The van der Waals surface area contributed by atoms with Gasteiger partial charge in [0.15, 0.2) is 0 Å². The molecule has 0 bridgehead atoms. The number of nitrogens with two attached hydrogens (primary N) is 2. The molecule has 0 saturated carbocycles. The summed E-state index contributed by atoms with van der Waals surface area (Å²) in [5, 5.41) is 19.9. The van der Waals surface area contributed by atoms with E-state index in [1.54, 1.807) is 0 Å². The molecule has 2 unspecified atom stereocenters. The Morgan fingerprint density at radius 1 is 1.32 bits per heavy atom. The molecule has 1 aliphatic rings. The second kappa shape index (κ2) is 10.3. The fourth-order valence-electron chi connectivity index (χ4n) is 4.16. The minimum absolute atomic E-state index is 0.214. The molecule has 0 spiro atoms. The van der Waals surface area contributed by atoms with Gasteiger partial charge in [-0.3, -0.25) is 5.41 Å². The van der Waals surface area contributed by atoms with E-state index in [4.69, 9.17) is 22.3 Å². The van der Waals surface area contributed by atoms with Gasteiger partial charge in [-0.05, 0) is 59.1 Å². The van der Waals surface area contributed by atoms with Crippen LogP contribution in [0.3, 0.4) is 0 Å². The molecule has 2 aromatic carbocycles. The lowest BCUT2D eigenvalue weighted by molar-refractivity contribution is 0.587. The topological polar surface area (TPSA) is 112 Å². The summed E-state index contributed by atoms with van der Waals surface area (Å²) in [7, 11) is 0. The first-order valence-electron chi connectivity index (χ1n) is 10.7. The van der Waals surface area contributed by atoms with Gasteiger partial charge in [0.1, 0.15) is 0 Å². The molecule has 31 heavy (non-hydrogen) atoms. The van der Waals surface area contributed by atoms with Crippen LogP contribution in [0.2, 0.25) is 0 Å². The van der Waals surface area contributed by atoms with Crippen LogP contribution in [0.1, 0.15) is 65.1 Å². The monoisotopic (exact) mass is 435 g/mol. The fraction of sp³-hybridized carbons (Fsp3) is 0.360. The van der Waals surface area contributed by atoms with Crippen LogP contribution in [0.4, 0.5) is 0 Å². The van der Waals surface area contributed by atoms with Gasteiger partial charge in [0, 0.05) is 24.0 Å². The minimum atomic E-state index is -0.322. The Kier molecular flexibility index (Phi) is 7.70. The Morgan fingerprint density at radius 2 is 2.10 bits per heavy atom. The molecule has 0 saturated heterocycles. The number of hydrogen-bond acceptors (Lipinski definition) is 6. The van der Waals surface area contributed by atoms with Crippen molar-refractivity contribution in [2.75, 3.05) is 6.54 Å². The van der Waals surface area contributed by atoms with E-state index in [0.717, 1.165) is 47.2 Å². The number of thioether (sulfide) groups is 1. The lowest BCUT2D eigenvalue weighted by atomic mass is 9.97. The molecule has 6 heteroatoms. The lowest BCUT2D eigenvalue weighted by Gasteiger charge is -2.19. The van der Waals surface area contributed by atoms with E-state index in [2.05, 4.69) is 37.9 Å². The second-order valence-electron chi connectivity index (χ2n) is 8.48. The van der Waals surface area contributed by atoms with Gasteiger partial charge in [-0.15, -0.1) is 0 Å². The van der Waals surface area contributed by atoms with Crippen molar-refractivity contribution in [3.8, 4) is 0 Å². The Labute approximate surface area is 189 Å². The van der Waals surface area contributed by atoms with Crippen molar-refractivity contribution in [3.05, 3.63) is 82.1 Å². The maximum atomic E-state index is 8.62. The van der Waals surface area contributed by atoms with E-state index in [1.165, 1.54) is 29.1 Å². The zero-order valence-electron chi connectivity index (χ0n) is 18.4. The second-order valence-corrected chi connectivity index (χ2v) is 9.63. The van der Waals surface area contributed by atoms with Crippen LogP contribution in [-0.2, 0) is 12.8 Å². The molecule has 2 atom stereocenters. The number of benzene rings is 2. The summed E-state index contributed by atoms with van der Waals surface area (Å²) in [6.07, 6.45) is 4.24. The van der Waals surface area contributed by atoms with Crippen molar-refractivity contribution in [1.82, 2.24) is 5.32 Å². The quantitative estimate of drug-likeness (QED) is 0.224. The van der Waals surface area contributed by atoms with Crippen molar-refractivity contribution >= 4 is 23.0 Å². The molecule has 0 aromatic heterocycles. The van der Waals surface area contributed by atoms with Crippen molar-refractivity contribution in [3.63, 3.8) is 0 Å². The van der Waals surface area contributed by atoms with Crippen LogP contribution in [0.15, 0.2) is 48.7 Å². The SMILES string of the molecule is C=C(CN)NC1CCc2c1cccc2C(N)SC(=N)c1ccc(CC(C)C)c(C=N)c1. The standard InChI is InChI=1S/C25H33N5S/c1-15(2)11-17-7-8-18(12-19(17)14-27)24(28)31-25(29)22-6-4-5-21-20(22)9-10-23(21)30-16(3)13-26/h4-8,12,14-15,23,25,27-28,30H,3,9-11,13,26,29H2,1-2H3. The first-order chi connectivity index (χ1) is 14.8. The Hall–Kier alpha value is -2.41. The average molecular weight is 436 g/mol. The van der Waals surface area contributed by atoms with Crippen LogP contribution in [-0.4, -0.2) is 17.8 Å². The molecule has 7 N–H and O–H groups in total. The molecule has 0 radical (unpaired) electrons. The van der Waals surface area contributed by atoms with Crippen LogP contribution in [0.5, 0.6) is 0 Å². The third-order valence-electron chi connectivity index (χ3n) is 5.67. The van der Waals surface area contributed by atoms with E-state index in [0.29, 0.717) is 17.5 Å². The van der Waals surface area contributed by atoms with E-state index >= 15 is 0 Å². The highest BCUT2D eigenvalue weighted by molar-refractivity contribution is 8.14. The molecule has 0 aliphatic heterocycles. The minimum Gasteiger partial charge on any atom is -0.381 e. The molecule has 2 aromatic rings. The predicted octanol–water partition coefficient (Wildman–Crippen LogP) is 4.65. The zero-order chi connectivity index (χ0) is 22.5. The van der Waals surface area contributed by atoms with Gasteiger partial charge in [-0.25, -0.2) is 0 Å². The van der Waals surface area contributed by atoms with E-state index in [9.17, 15) is 0 Å². The molecular formula is C25H33N5S. The molecule has 0 fully saturated rings. The van der Waals surface area contributed by atoms with Crippen LogP contribution < -0.4 is 16.8 Å². The zero-order valence-corrected chi connectivity index (χ0v) is 19.2. The average Bonchev–Trinajstić information content (AvgIpc) is 3.16. The molecule has 1 aliphatic carbocycles. The predicted molar refractivity (Wildman–Crippen MR) is 133 cm³/mol. The molecule has 5 nitrogen and oxygen atoms in total. The summed E-state index contributed by atoms with van der Waals surface area (Å²) in [5.74, 6) is 0.521. The molecule has 0 heterocycles. The number of rotatable bonds is 9. The molecular weight excluding hydrogens is 402 g/mol. The number of nitrogens with one attached hydrogen (secondary N) is 3. The first kappa shape index (κ1) is 23.3. The highest BCUT2D eigenvalue weighted by atomic mass is 32.2. The van der Waals surface area contributed by atoms with Gasteiger partial charge in [-0.2, -0.15) is 0 Å². The van der Waals surface area contributed by atoms with Gasteiger partial charge in [0.25, 0.3) is 0 Å². The van der Waals surface area contributed by atoms with Crippen LogP contribution >= 0.6 is 11.8 Å². The number of hydrogen-bond donors (Lipinski definition) is 5.